The standard InChI is InChI=1S/C18H23N3O3/c22-16(6-2-1-4-14-5-3-8-19-13-14)20-9-7-18-15(20)12-17(23)21(18)10-11-24-18/h3,5,8,13,15H,1-2,4,6-7,9-12H2/t15-,18+/m1/s1. The van der Waals surface area contributed by atoms with E-state index in [9.17, 15) is 9.59 Å². The number of aromatic nitrogens is 1. The predicted octanol–water partition coefficient (Wildman–Crippen LogP) is 1.35. The topological polar surface area (TPSA) is 62.7 Å². The minimum absolute atomic E-state index is 0.0849. The summed E-state index contributed by atoms with van der Waals surface area (Å²) in [6, 6.07) is 3.92. The van der Waals surface area contributed by atoms with Crippen molar-refractivity contribution in [3.63, 3.8) is 0 Å². The van der Waals surface area contributed by atoms with Crippen molar-refractivity contribution in [3.8, 4) is 0 Å². The molecule has 24 heavy (non-hydrogen) atoms. The SMILES string of the molecule is O=C(CCCCc1cccnc1)N1CC[C@@]23OCCN2C(=O)C[C@@H]13. The van der Waals surface area contributed by atoms with Crippen molar-refractivity contribution in [1.29, 1.82) is 0 Å². The molecule has 2 atom stereocenters. The molecule has 4 rings (SSSR count). The lowest BCUT2D eigenvalue weighted by atomic mass is 10.1. The van der Waals surface area contributed by atoms with Crippen LogP contribution in [-0.2, 0) is 20.7 Å². The number of nitrogens with zero attached hydrogens (tertiary/aromatic N) is 3. The summed E-state index contributed by atoms with van der Waals surface area (Å²) in [5.74, 6) is 0.291. The minimum atomic E-state index is -0.511. The van der Waals surface area contributed by atoms with Gasteiger partial charge in [-0.3, -0.25) is 14.6 Å². The van der Waals surface area contributed by atoms with Gasteiger partial charge in [-0.25, -0.2) is 0 Å². The van der Waals surface area contributed by atoms with E-state index >= 15 is 0 Å². The molecule has 3 fully saturated rings. The number of unbranched alkanes of at least 4 members (excludes halogenated alkanes) is 1. The number of carbonyl (C=O) groups is 2. The number of carbonyl (C=O) groups excluding carboxylic acids is 2. The number of likely N-dealkylation sites (tertiary alicyclic amines) is 1. The van der Waals surface area contributed by atoms with Gasteiger partial charge in [0.2, 0.25) is 11.8 Å². The third-order valence-corrected chi connectivity index (χ3v) is 5.55. The largest absolute Gasteiger partial charge is 0.351 e. The fourth-order valence-electron chi connectivity index (χ4n) is 4.39. The number of ether oxygens (including phenoxy) is 1. The molecular formula is C18H23N3O3. The van der Waals surface area contributed by atoms with Crippen LogP contribution >= 0.6 is 0 Å². The quantitative estimate of drug-likeness (QED) is 0.765. The Labute approximate surface area is 141 Å². The summed E-state index contributed by atoms with van der Waals surface area (Å²) in [5, 5.41) is 0. The van der Waals surface area contributed by atoms with Gasteiger partial charge in [-0.1, -0.05) is 6.07 Å². The maximum Gasteiger partial charge on any atom is 0.227 e. The van der Waals surface area contributed by atoms with Gasteiger partial charge in [0.1, 0.15) is 0 Å². The van der Waals surface area contributed by atoms with Gasteiger partial charge in [-0.15, -0.1) is 0 Å². The summed E-state index contributed by atoms with van der Waals surface area (Å²) in [6.45, 7) is 1.97. The Kier molecular flexibility index (Phi) is 4.00. The molecule has 1 aromatic rings. The molecule has 0 aromatic carbocycles. The highest BCUT2D eigenvalue weighted by molar-refractivity contribution is 5.84. The Morgan fingerprint density at radius 1 is 1.38 bits per heavy atom. The van der Waals surface area contributed by atoms with Crippen LogP contribution in [-0.4, -0.2) is 58.1 Å². The summed E-state index contributed by atoms with van der Waals surface area (Å²) in [4.78, 5) is 32.6. The van der Waals surface area contributed by atoms with Crippen molar-refractivity contribution < 1.29 is 14.3 Å². The van der Waals surface area contributed by atoms with Crippen molar-refractivity contribution in [2.24, 2.45) is 0 Å². The summed E-state index contributed by atoms with van der Waals surface area (Å²) in [6.07, 6.45) is 8.15. The summed E-state index contributed by atoms with van der Waals surface area (Å²) >= 11 is 0. The molecule has 128 valence electrons. The number of aryl methyl sites for hydroxylation is 1. The normalized spacial score (nSPS) is 28.3. The zero-order valence-electron chi connectivity index (χ0n) is 13.8. The molecule has 0 N–H and O–H groups in total. The smallest absolute Gasteiger partial charge is 0.227 e. The zero-order valence-corrected chi connectivity index (χ0v) is 13.8. The van der Waals surface area contributed by atoms with Crippen LogP contribution in [0.5, 0.6) is 0 Å². The Morgan fingerprint density at radius 2 is 2.29 bits per heavy atom. The second-order valence-corrected chi connectivity index (χ2v) is 6.86. The zero-order chi connectivity index (χ0) is 16.6. The van der Waals surface area contributed by atoms with Crippen LogP contribution in [0.15, 0.2) is 24.5 Å². The van der Waals surface area contributed by atoms with Crippen molar-refractivity contribution >= 4 is 11.8 Å². The van der Waals surface area contributed by atoms with Gasteiger partial charge >= 0.3 is 0 Å². The first-order valence-corrected chi connectivity index (χ1v) is 8.83. The van der Waals surface area contributed by atoms with Crippen LogP contribution in [0.25, 0.3) is 0 Å². The lowest BCUT2D eigenvalue weighted by Gasteiger charge is -2.31. The minimum Gasteiger partial charge on any atom is -0.351 e. The summed E-state index contributed by atoms with van der Waals surface area (Å²) in [7, 11) is 0. The van der Waals surface area contributed by atoms with E-state index in [0.717, 1.165) is 25.7 Å². The molecule has 0 radical (unpaired) electrons. The maximum atomic E-state index is 12.6. The van der Waals surface area contributed by atoms with Crippen molar-refractivity contribution in [1.82, 2.24) is 14.8 Å². The number of pyridine rings is 1. The number of rotatable bonds is 5. The van der Waals surface area contributed by atoms with Gasteiger partial charge in [0.05, 0.1) is 19.1 Å². The molecule has 0 unspecified atom stereocenters. The highest BCUT2D eigenvalue weighted by atomic mass is 16.5. The number of hydrogen-bond donors (Lipinski definition) is 0. The van der Waals surface area contributed by atoms with Crippen LogP contribution in [0, 0.1) is 0 Å². The van der Waals surface area contributed by atoms with Crippen molar-refractivity contribution in [3.05, 3.63) is 30.1 Å². The summed E-state index contributed by atoms with van der Waals surface area (Å²) < 4.78 is 5.93. The molecule has 0 bridgehead atoms. The lowest BCUT2D eigenvalue weighted by molar-refractivity contribution is -0.139. The van der Waals surface area contributed by atoms with E-state index in [-0.39, 0.29) is 17.9 Å². The van der Waals surface area contributed by atoms with E-state index < -0.39 is 5.72 Å². The molecule has 3 aliphatic rings. The molecule has 6 nitrogen and oxygen atoms in total. The fourth-order valence-corrected chi connectivity index (χ4v) is 4.39. The van der Waals surface area contributed by atoms with Gasteiger partial charge in [-0.2, -0.15) is 0 Å². The van der Waals surface area contributed by atoms with E-state index in [1.807, 2.05) is 22.1 Å². The number of amides is 2. The van der Waals surface area contributed by atoms with E-state index in [2.05, 4.69) is 11.1 Å². The van der Waals surface area contributed by atoms with E-state index in [0.29, 0.717) is 32.5 Å². The van der Waals surface area contributed by atoms with Crippen molar-refractivity contribution in [2.45, 2.75) is 50.3 Å². The molecule has 0 saturated carbocycles. The maximum absolute atomic E-state index is 12.6. The molecular weight excluding hydrogens is 306 g/mol. The number of hydrogen-bond acceptors (Lipinski definition) is 4. The molecule has 1 spiro atoms. The van der Waals surface area contributed by atoms with Gasteiger partial charge in [0.25, 0.3) is 0 Å². The van der Waals surface area contributed by atoms with Crippen molar-refractivity contribution in [2.75, 3.05) is 19.7 Å². The summed E-state index contributed by atoms with van der Waals surface area (Å²) in [5.41, 5.74) is 0.698. The molecule has 4 heterocycles. The van der Waals surface area contributed by atoms with E-state index in [4.69, 9.17) is 4.74 Å². The van der Waals surface area contributed by atoms with Gasteiger partial charge in [0, 0.05) is 38.3 Å². The third-order valence-electron chi connectivity index (χ3n) is 5.55. The van der Waals surface area contributed by atoms with Gasteiger partial charge in [0.15, 0.2) is 5.72 Å². The Bertz CT molecular complexity index is 636. The Morgan fingerprint density at radius 3 is 3.12 bits per heavy atom. The third kappa shape index (κ3) is 2.49. The molecule has 3 aliphatic heterocycles. The highest BCUT2D eigenvalue weighted by Gasteiger charge is 2.62. The Balaban J connectivity index is 1.30. The van der Waals surface area contributed by atoms with E-state index in [1.165, 1.54) is 5.56 Å². The van der Waals surface area contributed by atoms with Crippen LogP contribution in [0.1, 0.15) is 37.7 Å². The molecule has 3 saturated heterocycles. The lowest BCUT2D eigenvalue weighted by Crippen LogP contribution is -2.48. The second kappa shape index (κ2) is 6.16. The van der Waals surface area contributed by atoms with Crippen LogP contribution in [0.4, 0.5) is 0 Å². The highest BCUT2D eigenvalue weighted by Crippen LogP contribution is 2.45. The first-order valence-electron chi connectivity index (χ1n) is 8.83. The van der Waals surface area contributed by atoms with Gasteiger partial charge in [-0.05, 0) is 30.9 Å². The monoisotopic (exact) mass is 329 g/mol. The van der Waals surface area contributed by atoms with Crippen LogP contribution < -0.4 is 0 Å². The first-order chi connectivity index (χ1) is 11.7. The Hall–Kier alpha value is -1.95. The second-order valence-electron chi connectivity index (χ2n) is 6.86. The molecule has 2 amide bonds. The average Bonchev–Trinajstić information content (AvgIpc) is 3.24. The first kappa shape index (κ1) is 15.6. The molecule has 1 aromatic heterocycles. The average molecular weight is 329 g/mol. The van der Waals surface area contributed by atoms with Gasteiger partial charge < -0.3 is 14.5 Å². The fraction of sp³-hybridized carbons (Fsp3) is 0.611. The van der Waals surface area contributed by atoms with E-state index in [1.54, 1.807) is 6.20 Å². The van der Waals surface area contributed by atoms with Crippen LogP contribution in [0.2, 0.25) is 0 Å². The molecule has 0 aliphatic carbocycles. The molecule has 6 heteroatoms. The van der Waals surface area contributed by atoms with Crippen LogP contribution in [0.3, 0.4) is 0 Å². The predicted molar refractivity (Wildman–Crippen MR) is 86.9 cm³/mol.